The molecule has 2 N–H and O–H groups in total. The molecule has 0 aliphatic rings. The van der Waals surface area contributed by atoms with Crippen molar-refractivity contribution in [3.05, 3.63) is 66.5 Å². The van der Waals surface area contributed by atoms with Crippen molar-refractivity contribution in [3.63, 3.8) is 0 Å². The molecule has 3 rings (SSSR count). The Balaban J connectivity index is 1.64. The number of imidazole rings is 1. The Morgan fingerprint density at radius 2 is 1.82 bits per heavy atom. The van der Waals surface area contributed by atoms with E-state index >= 15 is 0 Å². The first-order valence-electron chi connectivity index (χ1n) is 9.18. The number of hydrogen-bond donors (Lipinski definition) is 2. The van der Waals surface area contributed by atoms with Gasteiger partial charge in [0.15, 0.2) is 11.5 Å². The maximum atomic E-state index is 12.2. The van der Waals surface area contributed by atoms with Crippen LogP contribution in [0.5, 0.6) is 11.5 Å². The SMILES string of the molecule is CCOc1ccc(C=CC(=O)Nc2ccc(-c3ncc[nH]3)cc2)cc1OCC. The average molecular weight is 377 g/mol. The van der Waals surface area contributed by atoms with Gasteiger partial charge in [-0.05, 0) is 61.9 Å². The van der Waals surface area contributed by atoms with Gasteiger partial charge in [0.05, 0.1) is 13.2 Å². The highest BCUT2D eigenvalue weighted by Gasteiger charge is 2.06. The maximum absolute atomic E-state index is 12.2. The Hall–Kier alpha value is -3.54. The van der Waals surface area contributed by atoms with E-state index < -0.39 is 0 Å². The molecule has 1 aromatic heterocycles. The number of aromatic nitrogens is 2. The van der Waals surface area contributed by atoms with Crippen molar-refractivity contribution in [2.24, 2.45) is 0 Å². The highest BCUT2D eigenvalue weighted by molar-refractivity contribution is 6.02. The molecule has 1 heterocycles. The Labute approximate surface area is 164 Å². The third kappa shape index (κ3) is 5.01. The van der Waals surface area contributed by atoms with Gasteiger partial charge in [-0.25, -0.2) is 4.98 Å². The summed E-state index contributed by atoms with van der Waals surface area (Å²) in [5.41, 5.74) is 2.53. The first kappa shape index (κ1) is 19.2. The van der Waals surface area contributed by atoms with Crippen LogP contribution in [0.1, 0.15) is 19.4 Å². The summed E-state index contributed by atoms with van der Waals surface area (Å²) in [6, 6.07) is 13.1. The first-order chi connectivity index (χ1) is 13.7. The standard InChI is InChI=1S/C22H23N3O3/c1-3-27-19-11-5-16(15-20(19)28-4-2)6-12-21(26)25-18-9-7-17(8-10-18)22-23-13-14-24-22/h5-15H,3-4H2,1-2H3,(H,23,24)(H,25,26). The van der Waals surface area contributed by atoms with E-state index in [1.54, 1.807) is 18.5 Å². The fourth-order valence-electron chi connectivity index (χ4n) is 2.66. The van der Waals surface area contributed by atoms with E-state index in [4.69, 9.17) is 9.47 Å². The zero-order chi connectivity index (χ0) is 19.8. The van der Waals surface area contributed by atoms with Crippen LogP contribution in [0.15, 0.2) is 60.9 Å². The molecular weight excluding hydrogens is 354 g/mol. The van der Waals surface area contributed by atoms with E-state index in [9.17, 15) is 4.79 Å². The molecule has 0 atom stereocenters. The summed E-state index contributed by atoms with van der Waals surface area (Å²) in [6.45, 7) is 4.95. The number of anilines is 1. The maximum Gasteiger partial charge on any atom is 0.248 e. The molecule has 0 aliphatic carbocycles. The van der Waals surface area contributed by atoms with Gasteiger partial charge in [0, 0.05) is 29.7 Å². The molecular formula is C22H23N3O3. The van der Waals surface area contributed by atoms with E-state index in [0.717, 1.165) is 17.0 Å². The van der Waals surface area contributed by atoms with E-state index in [0.29, 0.717) is 30.4 Å². The third-order valence-corrected chi connectivity index (χ3v) is 3.92. The largest absolute Gasteiger partial charge is 0.490 e. The van der Waals surface area contributed by atoms with Gasteiger partial charge >= 0.3 is 0 Å². The van der Waals surface area contributed by atoms with Gasteiger partial charge in [0.1, 0.15) is 5.82 Å². The number of nitrogens with one attached hydrogen (secondary N) is 2. The fourth-order valence-corrected chi connectivity index (χ4v) is 2.66. The van der Waals surface area contributed by atoms with Crippen molar-refractivity contribution in [2.45, 2.75) is 13.8 Å². The molecule has 0 fully saturated rings. The molecule has 6 heteroatoms. The lowest BCUT2D eigenvalue weighted by Gasteiger charge is -2.11. The molecule has 0 spiro atoms. The van der Waals surface area contributed by atoms with Crippen molar-refractivity contribution in [1.29, 1.82) is 0 Å². The molecule has 0 bridgehead atoms. The van der Waals surface area contributed by atoms with Crippen LogP contribution in [0, 0.1) is 0 Å². The minimum atomic E-state index is -0.211. The normalized spacial score (nSPS) is 10.8. The van der Waals surface area contributed by atoms with Crippen LogP contribution < -0.4 is 14.8 Å². The number of rotatable bonds is 8. The zero-order valence-electron chi connectivity index (χ0n) is 15.9. The van der Waals surface area contributed by atoms with Crippen LogP contribution in [-0.4, -0.2) is 29.1 Å². The summed E-state index contributed by atoms with van der Waals surface area (Å²) in [5.74, 6) is 1.94. The van der Waals surface area contributed by atoms with Crippen LogP contribution in [0.25, 0.3) is 17.5 Å². The molecule has 2 aromatic carbocycles. The first-order valence-corrected chi connectivity index (χ1v) is 9.18. The molecule has 1 amide bonds. The van der Waals surface area contributed by atoms with Crippen LogP contribution in [0.4, 0.5) is 5.69 Å². The smallest absolute Gasteiger partial charge is 0.248 e. The minimum absolute atomic E-state index is 0.211. The number of carbonyl (C=O) groups excluding carboxylic acids is 1. The number of aromatic amines is 1. The van der Waals surface area contributed by atoms with E-state index in [-0.39, 0.29) is 5.91 Å². The molecule has 0 radical (unpaired) electrons. The number of amides is 1. The summed E-state index contributed by atoms with van der Waals surface area (Å²) < 4.78 is 11.2. The van der Waals surface area contributed by atoms with Crippen LogP contribution >= 0.6 is 0 Å². The predicted octanol–water partition coefficient (Wildman–Crippen LogP) is 4.53. The molecule has 0 aliphatic heterocycles. The fraction of sp³-hybridized carbons (Fsp3) is 0.182. The van der Waals surface area contributed by atoms with Crippen LogP contribution in [0.3, 0.4) is 0 Å². The number of hydrogen-bond acceptors (Lipinski definition) is 4. The van der Waals surface area contributed by atoms with Crippen molar-refractivity contribution in [1.82, 2.24) is 9.97 Å². The average Bonchev–Trinajstić information content (AvgIpc) is 3.24. The lowest BCUT2D eigenvalue weighted by Crippen LogP contribution is -2.07. The predicted molar refractivity (Wildman–Crippen MR) is 110 cm³/mol. The number of H-pyrrole nitrogens is 1. The molecule has 6 nitrogen and oxygen atoms in total. The molecule has 28 heavy (non-hydrogen) atoms. The summed E-state index contributed by atoms with van der Waals surface area (Å²) in [6.07, 6.45) is 6.71. The molecule has 0 unspecified atom stereocenters. The lowest BCUT2D eigenvalue weighted by atomic mass is 10.1. The minimum Gasteiger partial charge on any atom is -0.490 e. The van der Waals surface area contributed by atoms with Gasteiger partial charge in [-0.2, -0.15) is 0 Å². The quantitative estimate of drug-likeness (QED) is 0.566. The van der Waals surface area contributed by atoms with E-state index in [1.165, 1.54) is 6.08 Å². The van der Waals surface area contributed by atoms with Crippen molar-refractivity contribution >= 4 is 17.7 Å². The van der Waals surface area contributed by atoms with Gasteiger partial charge in [0.2, 0.25) is 5.91 Å². The monoisotopic (exact) mass is 377 g/mol. The Morgan fingerprint density at radius 1 is 1.07 bits per heavy atom. The summed E-state index contributed by atoms with van der Waals surface area (Å²) >= 11 is 0. The van der Waals surface area contributed by atoms with Crippen LogP contribution in [-0.2, 0) is 4.79 Å². The number of carbonyl (C=O) groups is 1. The molecule has 3 aromatic rings. The van der Waals surface area contributed by atoms with Gasteiger partial charge in [-0.3, -0.25) is 4.79 Å². The second kappa shape index (κ2) is 9.41. The number of ether oxygens (including phenoxy) is 2. The van der Waals surface area contributed by atoms with Gasteiger partial charge < -0.3 is 19.8 Å². The molecule has 0 saturated heterocycles. The highest BCUT2D eigenvalue weighted by Crippen LogP contribution is 2.29. The van der Waals surface area contributed by atoms with Gasteiger partial charge in [-0.1, -0.05) is 6.07 Å². The van der Waals surface area contributed by atoms with Crippen molar-refractivity contribution < 1.29 is 14.3 Å². The molecule has 144 valence electrons. The summed E-state index contributed by atoms with van der Waals surface area (Å²) in [7, 11) is 0. The van der Waals surface area contributed by atoms with E-state index in [1.807, 2.05) is 56.3 Å². The highest BCUT2D eigenvalue weighted by atomic mass is 16.5. The Kier molecular flexibility index (Phi) is 6.46. The number of benzene rings is 2. The Morgan fingerprint density at radius 3 is 2.50 bits per heavy atom. The third-order valence-electron chi connectivity index (χ3n) is 3.92. The van der Waals surface area contributed by atoms with Crippen molar-refractivity contribution in [2.75, 3.05) is 18.5 Å². The Bertz CT molecular complexity index is 932. The second-order valence-corrected chi connectivity index (χ2v) is 5.91. The lowest BCUT2D eigenvalue weighted by molar-refractivity contribution is -0.111. The summed E-state index contributed by atoms with van der Waals surface area (Å²) in [5, 5.41) is 2.84. The van der Waals surface area contributed by atoms with Gasteiger partial charge in [0.25, 0.3) is 0 Å². The summed E-state index contributed by atoms with van der Waals surface area (Å²) in [4.78, 5) is 19.5. The number of nitrogens with zero attached hydrogens (tertiary/aromatic N) is 1. The van der Waals surface area contributed by atoms with Gasteiger partial charge in [-0.15, -0.1) is 0 Å². The molecule has 0 saturated carbocycles. The topological polar surface area (TPSA) is 76.2 Å². The van der Waals surface area contributed by atoms with Crippen molar-refractivity contribution in [3.8, 4) is 22.9 Å². The second-order valence-electron chi connectivity index (χ2n) is 5.91. The zero-order valence-corrected chi connectivity index (χ0v) is 15.9. The van der Waals surface area contributed by atoms with Crippen LogP contribution in [0.2, 0.25) is 0 Å². The van der Waals surface area contributed by atoms with E-state index in [2.05, 4.69) is 15.3 Å².